The fraction of sp³-hybridized carbons (Fsp3) is 0.346. The number of rotatable bonds is 7. The summed E-state index contributed by atoms with van der Waals surface area (Å²) in [7, 11) is 0. The Labute approximate surface area is 223 Å². The van der Waals surface area contributed by atoms with Crippen LogP contribution in [0, 0.1) is 17.0 Å². The van der Waals surface area contributed by atoms with Gasteiger partial charge in [-0.1, -0.05) is 42.4 Å². The van der Waals surface area contributed by atoms with Crippen molar-refractivity contribution in [1.82, 2.24) is 4.57 Å². The third-order valence-corrected chi connectivity index (χ3v) is 7.13. The number of aromatic carboxylic acids is 1. The van der Waals surface area contributed by atoms with Crippen molar-refractivity contribution < 1.29 is 23.5 Å². The van der Waals surface area contributed by atoms with Gasteiger partial charge in [0.2, 0.25) is 5.43 Å². The summed E-state index contributed by atoms with van der Waals surface area (Å²) in [6.45, 7) is 2.37. The molecule has 2 aromatic carbocycles. The van der Waals surface area contributed by atoms with Gasteiger partial charge in [-0.3, -0.25) is 4.79 Å². The standard InChI is InChI=1S/C26H27F2N5O4.ClH/c1-26(12-29)13-32(10-17(26)31-37-11-14-5-3-2-4-6-14)23-19(27)21(30)18-22(20(23)28)33(15-7-8-15)9-16(24(18)34)25(35)36;/h2-6,9,15H,7-8,10-13,29-30H2,1H3,(H,35,36);1H/b31-17+;. The highest BCUT2D eigenvalue weighted by atomic mass is 35.5. The highest BCUT2D eigenvalue weighted by Gasteiger charge is 2.43. The maximum Gasteiger partial charge on any atom is 0.341 e. The van der Waals surface area contributed by atoms with Crippen LogP contribution in [0.4, 0.5) is 20.2 Å². The van der Waals surface area contributed by atoms with Crippen LogP contribution in [0.3, 0.4) is 0 Å². The zero-order chi connectivity index (χ0) is 26.5. The minimum atomic E-state index is -1.49. The summed E-state index contributed by atoms with van der Waals surface area (Å²) in [6, 6.07) is 9.22. The molecule has 3 aromatic rings. The Hall–Kier alpha value is -3.70. The highest BCUT2D eigenvalue weighted by molar-refractivity contribution is 6.02. The molecule has 1 aliphatic heterocycles. The lowest BCUT2D eigenvalue weighted by Crippen LogP contribution is -2.36. The lowest BCUT2D eigenvalue weighted by Gasteiger charge is -2.25. The number of pyridine rings is 1. The van der Waals surface area contributed by atoms with E-state index < -0.39 is 50.8 Å². The maximum atomic E-state index is 16.1. The van der Waals surface area contributed by atoms with E-state index in [1.54, 1.807) is 0 Å². The van der Waals surface area contributed by atoms with Crippen molar-refractivity contribution >= 4 is 46.4 Å². The summed E-state index contributed by atoms with van der Waals surface area (Å²) in [5.74, 6) is -3.59. The number of hydrogen-bond acceptors (Lipinski definition) is 7. The van der Waals surface area contributed by atoms with Crippen LogP contribution in [-0.4, -0.2) is 41.0 Å². The number of oxime groups is 1. The SMILES string of the molecule is CC1(CN)CN(c2c(F)c(N)c3c(=O)c(C(=O)O)cn(C4CC4)c3c2F)C/C1=N\OCc1ccccc1.Cl. The molecule has 2 aliphatic rings. The minimum absolute atomic E-state index is 0. The number of benzene rings is 2. The molecular weight excluding hydrogens is 520 g/mol. The first-order chi connectivity index (χ1) is 17.7. The fourth-order valence-electron chi connectivity index (χ4n) is 4.80. The van der Waals surface area contributed by atoms with Gasteiger partial charge in [0.05, 0.1) is 28.8 Å². The number of aromatic nitrogens is 1. The lowest BCUT2D eigenvalue weighted by molar-refractivity contribution is 0.0694. The van der Waals surface area contributed by atoms with E-state index in [-0.39, 0.29) is 50.2 Å². The highest BCUT2D eigenvalue weighted by Crippen LogP contribution is 2.43. The summed E-state index contributed by atoms with van der Waals surface area (Å²) >= 11 is 0. The van der Waals surface area contributed by atoms with Crippen molar-refractivity contribution in [2.45, 2.75) is 32.4 Å². The molecule has 5 N–H and O–H groups in total. The molecule has 1 atom stereocenters. The Morgan fingerprint density at radius 2 is 1.92 bits per heavy atom. The number of nitrogens with zero attached hydrogens (tertiary/aromatic N) is 3. The Morgan fingerprint density at radius 1 is 1.24 bits per heavy atom. The number of carboxylic acid groups (broad SMARTS) is 1. The van der Waals surface area contributed by atoms with Gasteiger partial charge >= 0.3 is 5.97 Å². The van der Waals surface area contributed by atoms with Gasteiger partial charge in [-0.05, 0) is 18.4 Å². The fourth-order valence-corrected chi connectivity index (χ4v) is 4.80. The van der Waals surface area contributed by atoms with Crippen LogP contribution in [-0.2, 0) is 11.4 Å². The molecule has 1 saturated carbocycles. The van der Waals surface area contributed by atoms with Gasteiger partial charge < -0.3 is 30.9 Å². The second-order valence-electron chi connectivity index (χ2n) is 9.85. The van der Waals surface area contributed by atoms with E-state index in [0.29, 0.717) is 18.6 Å². The molecule has 2 heterocycles. The van der Waals surface area contributed by atoms with Crippen LogP contribution in [0.1, 0.15) is 41.7 Å². The lowest BCUT2D eigenvalue weighted by atomic mass is 9.88. The van der Waals surface area contributed by atoms with Crippen molar-refractivity contribution in [2.75, 3.05) is 30.3 Å². The van der Waals surface area contributed by atoms with Gasteiger partial charge in [0, 0.05) is 30.7 Å². The molecule has 0 spiro atoms. The number of nitrogens with two attached hydrogens (primary N) is 2. The number of hydrogen-bond donors (Lipinski definition) is 3. The summed E-state index contributed by atoms with van der Waals surface area (Å²) in [4.78, 5) is 31.5. The predicted molar refractivity (Wildman–Crippen MR) is 143 cm³/mol. The largest absolute Gasteiger partial charge is 0.477 e. The van der Waals surface area contributed by atoms with Gasteiger partial charge in [0.25, 0.3) is 0 Å². The van der Waals surface area contributed by atoms with Gasteiger partial charge in [-0.2, -0.15) is 0 Å². The van der Waals surface area contributed by atoms with E-state index in [4.69, 9.17) is 16.3 Å². The molecule has 2 fully saturated rings. The van der Waals surface area contributed by atoms with Crippen molar-refractivity contribution in [2.24, 2.45) is 16.3 Å². The molecule has 38 heavy (non-hydrogen) atoms. The van der Waals surface area contributed by atoms with E-state index in [9.17, 15) is 14.7 Å². The third-order valence-electron chi connectivity index (χ3n) is 7.13. The second kappa shape index (κ2) is 10.2. The van der Waals surface area contributed by atoms with Gasteiger partial charge in [-0.15, -0.1) is 12.4 Å². The zero-order valence-electron chi connectivity index (χ0n) is 20.6. The number of fused-ring (bicyclic) bond motifs is 1. The quantitative estimate of drug-likeness (QED) is 0.303. The monoisotopic (exact) mass is 547 g/mol. The van der Waals surface area contributed by atoms with Crippen molar-refractivity contribution in [1.29, 1.82) is 0 Å². The molecule has 1 saturated heterocycles. The number of halogens is 3. The zero-order valence-corrected chi connectivity index (χ0v) is 21.4. The summed E-state index contributed by atoms with van der Waals surface area (Å²) < 4.78 is 33.2. The topological polar surface area (TPSA) is 136 Å². The van der Waals surface area contributed by atoms with Crippen LogP contribution in [0.2, 0.25) is 0 Å². The number of carboxylic acids is 1. The minimum Gasteiger partial charge on any atom is -0.477 e. The van der Waals surface area contributed by atoms with Crippen molar-refractivity contribution in [3.63, 3.8) is 0 Å². The van der Waals surface area contributed by atoms with E-state index >= 15 is 8.78 Å². The Balaban J connectivity index is 0.00000336. The van der Waals surface area contributed by atoms with Gasteiger partial charge in [0.15, 0.2) is 11.6 Å². The summed E-state index contributed by atoms with van der Waals surface area (Å²) in [5, 5.41) is 13.3. The molecule has 0 radical (unpaired) electrons. The second-order valence-corrected chi connectivity index (χ2v) is 9.85. The Bertz CT molecular complexity index is 1490. The molecule has 0 bridgehead atoms. The smallest absolute Gasteiger partial charge is 0.341 e. The van der Waals surface area contributed by atoms with Crippen molar-refractivity contribution in [3.05, 3.63) is 69.5 Å². The molecule has 1 aromatic heterocycles. The van der Waals surface area contributed by atoms with Crippen molar-refractivity contribution in [3.8, 4) is 0 Å². The van der Waals surface area contributed by atoms with Crippen LogP contribution in [0.5, 0.6) is 0 Å². The Kier molecular flexibility index (Phi) is 7.35. The predicted octanol–water partition coefficient (Wildman–Crippen LogP) is 3.67. The summed E-state index contributed by atoms with van der Waals surface area (Å²) in [6.07, 6.45) is 2.47. The van der Waals surface area contributed by atoms with E-state index in [0.717, 1.165) is 11.8 Å². The molecule has 5 rings (SSSR count). The summed E-state index contributed by atoms with van der Waals surface area (Å²) in [5.41, 5.74) is 9.97. The molecule has 1 aliphatic carbocycles. The maximum absolute atomic E-state index is 16.1. The Morgan fingerprint density at radius 3 is 2.53 bits per heavy atom. The normalized spacial score (nSPS) is 20.1. The van der Waals surface area contributed by atoms with E-state index in [1.165, 1.54) is 9.47 Å². The molecule has 9 nitrogen and oxygen atoms in total. The molecule has 202 valence electrons. The number of carbonyl (C=O) groups is 1. The number of anilines is 2. The van der Waals surface area contributed by atoms with Crippen LogP contribution in [0.15, 0.2) is 46.5 Å². The average Bonchev–Trinajstić information content (AvgIpc) is 3.67. The molecule has 12 heteroatoms. The van der Waals surface area contributed by atoms with Crippen LogP contribution in [0.25, 0.3) is 10.9 Å². The average molecular weight is 548 g/mol. The molecular formula is C26H28ClF2N5O4. The van der Waals surface area contributed by atoms with E-state index in [1.807, 2.05) is 37.3 Å². The van der Waals surface area contributed by atoms with Crippen LogP contribution >= 0.6 is 12.4 Å². The van der Waals surface area contributed by atoms with Gasteiger partial charge in [0.1, 0.15) is 17.9 Å². The van der Waals surface area contributed by atoms with E-state index in [2.05, 4.69) is 5.16 Å². The molecule has 0 amide bonds. The molecule has 1 unspecified atom stereocenters. The first-order valence-electron chi connectivity index (χ1n) is 11.9. The van der Waals surface area contributed by atoms with Gasteiger partial charge in [-0.25, -0.2) is 13.6 Å². The first kappa shape index (κ1) is 27.3. The first-order valence-corrected chi connectivity index (χ1v) is 11.9. The third kappa shape index (κ3) is 4.56. The van der Waals surface area contributed by atoms with Crippen LogP contribution < -0.4 is 21.8 Å². The number of nitrogen functional groups attached to an aromatic ring is 1.